The molecule has 3 nitrogen and oxygen atoms in total. The third-order valence-electron chi connectivity index (χ3n) is 3.34. The summed E-state index contributed by atoms with van der Waals surface area (Å²) < 4.78 is 5.10. The first-order valence-electron chi connectivity index (χ1n) is 5.96. The molecule has 2 heterocycles. The summed E-state index contributed by atoms with van der Waals surface area (Å²) in [4.78, 5) is 0. The summed E-state index contributed by atoms with van der Waals surface area (Å²) in [5.74, 6) is 0.783. The number of nitrogens with zero attached hydrogens (tertiary/aromatic N) is 1. The molecule has 84 valence electrons. The van der Waals surface area contributed by atoms with Gasteiger partial charge in [0.1, 0.15) is 0 Å². The molecule has 1 aliphatic rings. The molecule has 0 aliphatic carbocycles. The second kappa shape index (κ2) is 4.26. The van der Waals surface area contributed by atoms with Crippen molar-refractivity contribution < 1.29 is 4.52 Å². The molecule has 0 bridgehead atoms. The highest BCUT2D eigenvalue weighted by Gasteiger charge is 2.13. The molecular formula is C13H16N2O. The van der Waals surface area contributed by atoms with Crippen LogP contribution < -0.4 is 5.32 Å². The molecule has 3 heteroatoms. The van der Waals surface area contributed by atoms with E-state index in [2.05, 4.69) is 22.6 Å². The number of nitrogens with one attached hydrogen (secondary N) is 1. The van der Waals surface area contributed by atoms with Crippen molar-refractivity contribution in [2.75, 3.05) is 13.1 Å². The van der Waals surface area contributed by atoms with Gasteiger partial charge in [-0.3, -0.25) is 0 Å². The summed E-state index contributed by atoms with van der Waals surface area (Å²) in [6, 6.07) is 6.37. The lowest BCUT2D eigenvalue weighted by Gasteiger charge is -2.22. The first-order chi connectivity index (χ1) is 7.92. The van der Waals surface area contributed by atoms with Gasteiger partial charge in [-0.15, -0.1) is 0 Å². The number of fused-ring (bicyclic) bond motifs is 1. The van der Waals surface area contributed by atoms with E-state index in [4.69, 9.17) is 4.52 Å². The van der Waals surface area contributed by atoms with Crippen molar-refractivity contribution in [2.45, 2.75) is 19.3 Å². The van der Waals surface area contributed by atoms with E-state index in [1.165, 1.54) is 24.9 Å². The average molecular weight is 216 g/mol. The van der Waals surface area contributed by atoms with Gasteiger partial charge in [-0.25, -0.2) is 0 Å². The van der Waals surface area contributed by atoms with Gasteiger partial charge in [-0.05, 0) is 56.0 Å². The monoisotopic (exact) mass is 216 g/mol. The first-order valence-corrected chi connectivity index (χ1v) is 5.96. The summed E-state index contributed by atoms with van der Waals surface area (Å²) in [5.41, 5.74) is 2.27. The molecule has 0 spiro atoms. The predicted molar refractivity (Wildman–Crippen MR) is 63.3 cm³/mol. The highest BCUT2D eigenvalue weighted by atomic mass is 16.5. The minimum Gasteiger partial charge on any atom is -0.356 e. The highest BCUT2D eigenvalue weighted by molar-refractivity contribution is 5.76. The minimum atomic E-state index is 0.783. The van der Waals surface area contributed by atoms with Crippen molar-refractivity contribution in [3.8, 4) is 0 Å². The summed E-state index contributed by atoms with van der Waals surface area (Å²) >= 11 is 0. The van der Waals surface area contributed by atoms with Crippen LogP contribution in [0.15, 0.2) is 28.9 Å². The van der Waals surface area contributed by atoms with Crippen LogP contribution in [0.4, 0.5) is 0 Å². The van der Waals surface area contributed by atoms with Crippen LogP contribution in [0.1, 0.15) is 18.4 Å². The maximum atomic E-state index is 5.10. The third kappa shape index (κ3) is 1.95. The SMILES string of the molecule is c1cc2oncc2cc1CC1CCCNC1. The molecule has 0 saturated carbocycles. The number of piperidine rings is 1. The van der Waals surface area contributed by atoms with Gasteiger partial charge < -0.3 is 9.84 Å². The Kier molecular flexibility index (Phi) is 2.62. The van der Waals surface area contributed by atoms with Gasteiger partial charge in [0.15, 0.2) is 5.58 Å². The second-order valence-corrected chi connectivity index (χ2v) is 4.61. The van der Waals surface area contributed by atoms with Crippen molar-refractivity contribution in [3.63, 3.8) is 0 Å². The maximum Gasteiger partial charge on any atom is 0.166 e. The number of benzene rings is 1. The normalized spacial score (nSPS) is 21.4. The van der Waals surface area contributed by atoms with Gasteiger partial charge >= 0.3 is 0 Å². The van der Waals surface area contributed by atoms with Crippen molar-refractivity contribution in [1.29, 1.82) is 0 Å². The van der Waals surface area contributed by atoms with E-state index in [0.29, 0.717) is 0 Å². The van der Waals surface area contributed by atoms with Crippen molar-refractivity contribution in [3.05, 3.63) is 30.0 Å². The lowest BCUT2D eigenvalue weighted by atomic mass is 9.92. The number of aromatic nitrogens is 1. The lowest BCUT2D eigenvalue weighted by molar-refractivity contribution is 0.376. The van der Waals surface area contributed by atoms with E-state index in [1.54, 1.807) is 6.20 Å². The molecular weight excluding hydrogens is 200 g/mol. The molecule has 1 aliphatic heterocycles. The highest BCUT2D eigenvalue weighted by Crippen LogP contribution is 2.20. The van der Waals surface area contributed by atoms with Gasteiger partial charge in [0.2, 0.25) is 0 Å². The molecule has 3 rings (SSSR count). The zero-order valence-electron chi connectivity index (χ0n) is 9.28. The van der Waals surface area contributed by atoms with Crippen molar-refractivity contribution >= 4 is 11.0 Å². The second-order valence-electron chi connectivity index (χ2n) is 4.61. The molecule has 2 aromatic rings. The molecule has 1 fully saturated rings. The third-order valence-corrected chi connectivity index (χ3v) is 3.34. The van der Waals surface area contributed by atoms with Crippen molar-refractivity contribution in [1.82, 2.24) is 10.5 Å². The van der Waals surface area contributed by atoms with Gasteiger partial charge in [0.05, 0.1) is 6.20 Å². The van der Waals surface area contributed by atoms with Crippen LogP contribution in [0.25, 0.3) is 11.0 Å². The number of hydrogen-bond donors (Lipinski definition) is 1. The van der Waals surface area contributed by atoms with Crippen LogP contribution in [0.3, 0.4) is 0 Å². The van der Waals surface area contributed by atoms with Gasteiger partial charge in [-0.1, -0.05) is 11.2 Å². The standard InChI is InChI=1S/C13H16N2O/c1-2-11(8-14-5-1)6-10-3-4-13-12(7-10)9-15-16-13/h3-4,7,9,11,14H,1-2,5-6,8H2. The van der Waals surface area contributed by atoms with E-state index in [9.17, 15) is 0 Å². The summed E-state index contributed by atoms with van der Waals surface area (Å²) in [5, 5.41) is 8.37. The van der Waals surface area contributed by atoms with E-state index >= 15 is 0 Å². The minimum absolute atomic E-state index is 0.783. The summed E-state index contributed by atoms with van der Waals surface area (Å²) in [6.45, 7) is 2.34. The zero-order chi connectivity index (χ0) is 10.8. The summed E-state index contributed by atoms with van der Waals surface area (Å²) in [6.07, 6.45) is 5.60. The molecule has 0 radical (unpaired) electrons. The molecule has 1 atom stereocenters. The van der Waals surface area contributed by atoms with Crippen LogP contribution in [-0.2, 0) is 6.42 Å². The Morgan fingerprint density at radius 3 is 3.31 bits per heavy atom. The fourth-order valence-electron chi connectivity index (χ4n) is 2.48. The number of rotatable bonds is 2. The van der Waals surface area contributed by atoms with Crippen LogP contribution in [0, 0.1) is 5.92 Å². The molecule has 16 heavy (non-hydrogen) atoms. The van der Waals surface area contributed by atoms with Crippen LogP contribution >= 0.6 is 0 Å². The molecule has 0 amide bonds. The smallest absolute Gasteiger partial charge is 0.166 e. The lowest BCUT2D eigenvalue weighted by Crippen LogP contribution is -2.30. The Morgan fingerprint density at radius 2 is 2.44 bits per heavy atom. The first kappa shape index (κ1) is 9.85. The molecule has 1 N–H and O–H groups in total. The topological polar surface area (TPSA) is 38.1 Å². The fraction of sp³-hybridized carbons (Fsp3) is 0.462. The van der Waals surface area contributed by atoms with E-state index in [-0.39, 0.29) is 0 Å². The van der Waals surface area contributed by atoms with Crippen LogP contribution in [0.2, 0.25) is 0 Å². The molecule has 1 aromatic heterocycles. The van der Waals surface area contributed by atoms with E-state index in [1.807, 2.05) is 6.07 Å². The predicted octanol–water partition coefficient (Wildman–Crippen LogP) is 2.37. The Labute approximate surface area is 94.8 Å². The zero-order valence-corrected chi connectivity index (χ0v) is 9.28. The van der Waals surface area contributed by atoms with E-state index < -0.39 is 0 Å². The van der Waals surface area contributed by atoms with Crippen molar-refractivity contribution in [2.24, 2.45) is 5.92 Å². The number of hydrogen-bond acceptors (Lipinski definition) is 3. The van der Waals surface area contributed by atoms with E-state index in [0.717, 1.165) is 29.9 Å². The fourth-order valence-corrected chi connectivity index (χ4v) is 2.48. The Bertz CT molecular complexity index is 471. The summed E-state index contributed by atoms with van der Waals surface area (Å²) in [7, 11) is 0. The maximum absolute atomic E-state index is 5.10. The average Bonchev–Trinajstić information content (AvgIpc) is 2.77. The quantitative estimate of drug-likeness (QED) is 0.837. The molecule has 1 saturated heterocycles. The largest absolute Gasteiger partial charge is 0.356 e. The van der Waals surface area contributed by atoms with Gasteiger partial charge in [-0.2, -0.15) is 0 Å². The van der Waals surface area contributed by atoms with Gasteiger partial charge in [0.25, 0.3) is 0 Å². The molecule has 1 aromatic carbocycles. The Balaban J connectivity index is 1.77. The Hall–Kier alpha value is -1.35. The molecule has 1 unspecified atom stereocenters. The van der Waals surface area contributed by atoms with Crippen LogP contribution in [0.5, 0.6) is 0 Å². The Morgan fingerprint density at radius 1 is 1.44 bits per heavy atom. The van der Waals surface area contributed by atoms with Crippen LogP contribution in [-0.4, -0.2) is 18.2 Å². The van der Waals surface area contributed by atoms with Gasteiger partial charge in [0, 0.05) is 5.39 Å².